The molecule has 0 bridgehead atoms. The number of rotatable bonds is 9. The monoisotopic (exact) mass is 436 g/mol. The summed E-state index contributed by atoms with van der Waals surface area (Å²) in [7, 11) is 0. The van der Waals surface area contributed by atoms with E-state index in [0.29, 0.717) is 36.4 Å². The van der Waals surface area contributed by atoms with Crippen LogP contribution in [0.1, 0.15) is 39.2 Å². The van der Waals surface area contributed by atoms with Gasteiger partial charge < -0.3 is 20.2 Å². The van der Waals surface area contributed by atoms with Crippen LogP contribution in [0.4, 0.5) is 0 Å². The zero-order chi connectivity index (χ0) is 21.9. The molecule has 1 amide bonds. The van der Waals surface area contributed by atoms with Crippen molar-refractivity contribution in [3.05, 3.63) is 34.9 Å². The first kappa shape index (κ1) is 24.5. The Bertz CT molecular complexity index is 688. The minimum Gasteiger partial charge on any atom is -0.396 e. The molecule has 168 valence electrons. The van der Waals surface area contributed by atoms with Crippen molar-refractivity contribution >= 4 is 23.5 Å². The third-order valence-electron chi connectivity index (χ3n) is 5.35. The molecule has 30 heavy (non-hydrogen) atoms. The highest BCUT2D eigenvalue weighted by atomic mass is 35.5. The Morgan fingerprint density at radius 2 is 1.93 bits per heavy atom. The number of aliphatic imine (C=N–C) groups is 1. The molecule has 7 heteroatoms. The molecule has 1 heterocycles. The van der Waals surface area contributed by atoms with E-state index in [1.165, 1.54) is 0 Å². The number of benzene rings is 1. The van der Waals surface area contributed by atoms with Gasteiger partial charge in [-0.2, -0.15) is 0 Å². The molecule has 2 rings (SSSR count). The number of carbonyl (C=O) groups excluding carboxylic acids is 1. The molecule has 0 radical (unpaired) electrons. The van der Waals surface area contributed by atoms with Crippen LogP contribution in [0, 0.1) is 11.8 Å². The highest BCUT2D eigenvalue weighted by Gasteiger charge is 2.23. The highest BCUT2D eigenvalue weighted by Crippen LogP contribution is 2.16. The number of aliphatic hydroxyl groups excluding tert-OH is 1. The largest absolute Gasteiger partial charge is 0.396 e. The van der Waals surface area contributed by atoms with Gasteiger partial charge in [0.05, 0.1) is 6.42 Å². The number of nitrogens with one attached hydrogen (secondary N) is 1. The van der Waals surface area contributed by atoms with Gasteiger partial charge in [-0.15, -0.1) is 0 Å². The van der Waals surface area contributed by atoms with Crippen LogP contribution in [0.2, 0.25) is 5.02 Å². The van der Waals surface area contributed by atoms with Crippen LogP contribution in [-0.4, -0.2) is 72.6 Å². The van der Waals surface area contributed by atoms with E-state index in [9.17, 15) is 9.90 Å². The van der Waals surface area contributed by atoms with E-state index in [0.717, 1.165) is 50.5 Å². The molecule has 0 aliphatic carbocycles. The molecule has 1 aromatic rings. The van der Waals surface area contributed by atoms with Crippen LogP contribution in [0.5, 0.6) is 0 Å². The lowest BCUT2D eigenvalue weighted by Gasteiger charge is -2.36. The Kier molecular flexibility index (Phi) is 10.4. The summed E-state index contributed by atoms with van der Waals surface area (Å²) in [5, 5.41) is 13.4. The molecular formula is C23H37ClN4O2. The van der Waals surface area contributed by atoms with Crippen molar-refractivity contribution in [2.75, 3.05) is 45.9 Å². The second-order valence-electron chi connectivity index (χ2n) is 8.38. The van der Waals surface area contributed by atoms with Crippen molar-refractivity contribution < 1.29 is 9.90 Å². The van der Waals surface area contributed by atoms with Crippen LogP contribution in [-0.2, 0) is 11.2 Å². The van der Waals surface area contributed by atoms with Gasteiger partial charge in [0.1, 0.15) is 0 Å². The van der Waals surface area contributed by atoms with E-state index < -0.39 is 0 Å². The second kappa shape index (κ2) is 12.8. The van der Waals surface area contributed by atoms with Crippen molar-refractivity contribution in [2.24, 2.45) is 16.8 Å². The standard InChI is InChI=1S/C23H37ClN4O2/c1-4-25-23(26-17-20(8-13-29)14-18(2)3)28-11-9-27(10-12-28)22(30)16-19-6-5-7-21(24)15-19/h5-7,15,18,20,29H,4,8-14,16-17H2,1-3H3,(H,25,26). The number of amides is 1. The van der Waals surface area contributed by atoms with Crippen molar-refractivity contribution in [1.29, 1.82) is 0 Å². The van der Waals surface area contributed by atoms with Crippen LogP contribution in [0.25, 0.3) is 0 Å². The summed E-state index contributed by atoms with van der Waals surface area (Å²) in [6, 6.07) is 7.50. The van der Waals surface area contributed by atoms with E-state index >= 15 is 0 Å². The zero-order valence-electron chi connectivity index (χ0n) is 18.6. The van der Waals surface area contributed by atoms with Gasteiger partial charge in [-0.1, -0.05) is 37.6 Å². The van der Waals surface area contributed by atoms with Crippen molar-refractivity contribution in [2.45, 2.75) is 40.0 Å². The van der Waals surface area contributed by atoms with Crippen molar-refractivity contribution in [3.63, 3.8) is 0 Å². The molecule has 0 saturated carbocycles. The molecule has 1 saturated heterocycles. The smallest absolute Gasteiger partial charge is 0.227 e. The van der Waals surface area contributed by atoms with Gasteiger partial charge in [0, 0.05) is 50.9 Å². The van der Waals surface area contributed by atoms with Gasteiger partial charge in [-0.3, -0.25) is 9.79 Å². The van der Waals surface area contributed by atoms with E-state index in [1.807, 2.05) is 29.2 Å². The number of halogens is 1. The number of aliphatic hydroxyl groups is 1. The third kappa shape index (κ3) is 8.15. The van der Waals surface area contributed by atoms with Gasteiger partial charge >= 0.3 is 0 Å². The number of piperazine rings is 1. The summed E-state index contributed by atoms with van der Waals surface area (Å²) in [4.78, 5) is 21.7. The molecule has 6 nitrogen and oxygen atoms in total. The minimum atomic E-state index is 0.138. The first-order chi connectivity index (χ1) is 14.4. The average molecular weight is 437 g/mol. The number of hydrogen-bond donors (Lipinski definition) is 2. The summed E-state index contributed by atoms with van der Waals surface area (Å²) in [5.74, 6) is 2.03. The fraction of sp³-hybridized carbons (Fsp3) is 0.652. The van der Waals surface area contributed by atoms with E-state index in [2.05, 4.69) is 31.0 Å². The maximum Gasteiger partial charge on any atom is 0.227 e. The fourth-order valence-corrected chi connectivity index (χ4v) is 4.09. The SMILES string of the molecule is CCNC(=NCC(CCO)CC(C)C)N1CCN(C(=O)Cc2cccc(Cl)c2)CC1. The average Bonchev–Trinajstić information content (AvgIpc) is 2.71. The molecule has 0 spiro atoms. The number of carbonyl (C=O) groups is 1. The maximum atomic E-state index is 12.7. The maximum absolute atomic E-state index is 12.7. The first-order valence-electron chi connectivity index (χ1n) is 11.1. The van der Waals surface area contributed by atoms with Crippen molar-refractivity contribution in [3.8, 4) is 0 Å². The lowest BCUT2D eigenvalue weighted by Crippen LogP contribution is -2.54. The lowest BCUT2D eigenvalue weighted by molar-refractivity contribution is -0.131. The molecule has 1 aromatic carbocycles. The topological polar surface area (TPSA) is 68.2 Å². The Morgan fingerprint density at radius 3 is 2.53 bits per heavy atom. The van der Waals surface area contributed by atoms with Crippen LogP contribution >= 0.6 is 11.6 Å². The Labute approximate surface area is 186 Å². The highest BCUT2D eigenvalue weighted by molar-refractivity contribution is 6.30. The van der Waals surface area contributed by atoms with Gasteiger partial charge in [-0.25, -0.2) is 0 Å². The Balaban J connectivity index is 1.91. The zero-order valence-corrected chi connectivity index (χ0v) is 19.4. The summed E-state index contributed by atoms with van der Waals surface area (Å²) in [6.07, 6.45) is 2.23. The molecule has 1 aliphatic heterocycles. The van der Waals surface area contributed by atoms with E-state index in [-0.39, 0.29) is 12.5 Å². The second-order valence-corrected chi connectivity index (χ2v) is 8.81. The van der Waals surface area contributed by atoms with Gasteiger partial charge in [0.15, 0.2) is 5.96 Å². The Hall–Kier alpha value is -1.79. The predicted molar refractivity (Wildman–Crippen MR) is 124 cm³/mol. The van der Waals surface area contributed by atoms with E-state index in [4.69, 9.17) is 16.6 Å². The van der Waals surface area contributed by atoms with E-state index in [1.54, 1.807) is 0 Å². The normalized spacial score (nSPS) is 16.1. The molecule has 0 aromatic heterocycles. The van der Waals surface area contributed by atoms with Crippen molar-refractivity contribution in [1.82, 2.24) is 15.1 Å². The number of nitrogens with zero attached hydrogens (tertiary/aromatic N) is 3. The van der Waals surface area contributed by atoms with Crippen LogP contribution < -0.4 is 5.32 Å². The Morgan fingerprint density at radius 1 is 1.23 bits per heavy atom. The fourth-order valence-electron chi connectivity index (χ4n) is 3.88. The quantitative estimate of drug-likeness (QED) is 0.461. The number of guanidine groups is 1. The molecule has 2 N–H and O–H groups in total. The number of hydrogen-bond acceptors (Lipinski definition) is 3. The first-order valence-corrected chi connectivity index (χ1v) is 11.5. The minimum absolute atomic E-state index is 0.138. The molecule has 1 aliphatic rings. The van der Waals surface area contributed by atoms with Gasteiger partial charge in [-0.05, 0) is 49.3 Å². The predicted octanol–water partition coefficient (Wildman–Crippen LogP) is 3.04. The summed E-state index contributed by atoms with van der Waals surface area (Å²) in [5.41, 5.74) is 0.949. The summed E-state index contributed by atoms with van der Waals surface area (Å²) in [6.45, 7) is 11.1. The van der Waals surface area contributed by atoms with Crippen LogP contribution in [0.15, 0.2) is 29.3 Å². The molecule has 1 unspecified atom stereocenters. The molecular weight excluding hydrogens is 400 g/mol. The molecule has 1 fully saturated rings. The lowest BCUT2D eigenvalue weighted by atomic mass is 9.94. The van der Waals surface area contributed by atoms with Gasteiger partial charge in [0.2, 0.25) is 5.91 Å². The van der Waals surface area contributed by atoms with Crippen LogP contribution in [0.3, 0.4) is 0 Å². The summed E-state index contributed by atoms with van der Waals surface area (Å²) < 4.78 is 0. The third-order valence-corrected chi connectivity index (χ3v) is 5.59. The molecule has 1 atom stereocenters. The van der Waals surface area contributed by atoms with Gasteiger partial charge in [0.25, 0.3) is 0 Å². The summed E-state index contributed by atoms with van der Waals surface area (Å²) >= 11 is 6.03.